The number of aromatic amines is 1. The highest BCUT2D eigenvalue weighted by molar-refractivity contribution is 6.08. The van der Waals surface area contributed by atoms with Crippen molar-refractivity contribution in [3.63, 3.8) is 0 Å². The minimum Gasteiger partial charge on any atom is -0.399 e. The lowest BCUT2D eigenvalue weighted by Crippen LogP contribution is -2.39. The molecular weight excluding hydrogens is 268 g/mol. The monoisotopic (exact) mass is 286 g/mol. The quantitative estimate of drug-likeness (QED) is 0.735. The molecule has 6 nitrogen and oxygen atoms in total. The summed E-state index contributed by atoms with van der Waals surface area (Å²) in [6.45, 7) is 0.0598. The van der Waals surface area contributed by atoms with Crippen LogP contribution < -0.4 is 11.1 Å². The van der Waals surface area contributed by atoms with Crippen LogP contribution in [0, 0.1) is 0 Å². The molecule has 6 heteroatoms. The van der Waals surface area contributed by atoms with Gasteiger partial charge in [-0.25, -0.2) is 0 Å². The van der Waals surface area contributed by atoms with E-state index in [0.29, 0.717) is 17.3 Å². The van der Waals surface area contributed by atoms with E-state index in [1.165, 1.54) is 4.90 Å². The third-order valence-electron chi connectivity index (χ3n) is 3.61. The number of hydrogen-bond acceptors (Lipinski definition) is 3. The van der Waals surface area contributed by atoms with E-state index in [4.69, 9.17) is 5.73 Å². The molecule has 0 unspecified atom stereocenters. The number of amides is 2. The van der Waals surface area contributed by atoms with Crippen molar-refractivity contribution < 1.29 is 9.59 Å². The van der Waals surface area contributed by atoms with Crippen LogP contribution in [0.25, 0.3) is 10.9 Å². The van der Waals surface area contributed by atoms with Gasteiger partial charge in [0.25, 0.3) is 5.91 Å². The molecule has 3 rings (SSSR count). The number of nitrogens with two attached hydrogens (primary N) is 1. The highest BCUT2D eigenvalue weighted by atomic mass is 16.2. The summed E-state index contributed by atoms with van der Waals surface area (Å²) >= 11 is 0. The molecule has 1 saturated carbocycles. The average Bonchev–Trinajstić information content (AvgIpc) is 3.15. The van der Waals surface area contributed by atoms with Crippen molar-refractivity contribution in [2.75, 3.05) is 19.3 Å². The van der Waals surface area contributed by atoms with Gasteiger partial charge in [-0.1, -0.05) is 0 Å². The van der Waals surface area contributed by atoms with E-state index in [0.717, 1.165) is 23.7 Å². The number of hydrogen-bond donors (Lipinski definition) is 3. The minimum absolute atomic E-state index is 0.0598. The number of benzene rings is 1. The number of carbonyl (C=O) groups excluding carboxylic acids is 2. The zero-order chi connectivity index (χ0) is 15.0. The number of carbonyl (C=O) groups is 2. The summed E-state index contributed by atoms with van der Waals surface area (Å²) in [6.07, 6.45) is 3.72. The topological polar surface area (TPSA) is 91.2 Å². The normalized spacial score (nSPS) is 14.1. The number of likely N-dealkylation sites (N-methyl/N-ethyl adjacent to an activating group) is 1. The molecule has 1 heterocycles. The van der Waals surface area contributed by atoms with Crippen LogP contribution in [0.3, 0.4) is 0 Å². The second-order valence-electron chi connectivity index (χ2n) is 5.51. The van der Waals surface area contributed by atoms with Gasteiger partial charge in [0.15, 0.2) is 0 Å². The van der Waals surface area contributed by atoms with Crippen LogP contribution >= 0.6 is 0 Å². The first kappa shape index (κ1) is 13.5. The molecule has 1 aliphatic rings. The standard InChI is InChI=1S/C15H18N4O2/c1-19(8-14(20)18-10-3-4-10)15(21)12-7-17-13-5-2-9(16)6-11(12)13/h2,5-7,10,17H,3-4,8,16H2,1H3,(H,18,20). The van der Waals surface area contributed by atoms with Gasteiger partial charge in [0.05, 0.1) is 12.1 Å². The van der Waals surface area contributed by atoms with Crippen molar-refractivity contribution in [1.29, 1.82) is 0 Å². The third kappa shape index (κ3) is 2.84. The number of H-pyrrole nitrogens is 1. The second kappa shape index (κ2) is 5.12. The summed E-state index contributed by atoms with van der Waals surface area (Å²) in [5.74, 6) is -0.314. The highest BCUT2D eigenvalue weighted by Gasteiger charge is 2.25. The van der Waals surface area contributed by atoms with Gasteiger partial charge in [-0.3, -0.25) is 9.59 Å². The molecule has 21 heavy (non-hydrogen) atoms. The van der Waals surface area contributed by atoms with Crippen molar-refractivity contribution in [2.45, 2.75) is 18.9 Å². The van der Waals surface area contributed by atoms with Gasteiger partial charge in [0.1, 0.15) is 0 Å². The lowest BCUT2D eigenvalue weighted by molar-refractivity contribution is -0.121. The van der Waals surface area contributed by atoms with Crippen LogP contribution in [0.1, 0.15) is 23.2 Å². The average molecular weight is 286 g/mol. The molecular formula is C15H18N4O2. The molecule has 0 saturated heterocycles. The fourth-order valence-corrected chi connectivity index (χ4v) is 2.31. The molecule has 0 aliphatic heterocycles. The summed E-state index contributed by atoms with van der Waals surface area (Å²) in [5, 5.41) is 3.64. The first-order valence-electron chi connectivity index (χ1n) is 6.96. The summed E-state index contributed by atoms with van der Waals surface area (Å²) in [5.41, 5.74) is 7.75. The summed E-state index contributed by atoms with van der Waals surface area (Å²) in [4.78, 5) is 28.7. The molecule has 1 aliphatic carbocycles. The predicted molar refractivity (Wildman–Crippen MR) is 80.8 cm³/mol. The maximum absolute atomic E-state index is 12.5. The molecule has 1 fully saturated rings. The van der Waals surface area contributed by atoms with Crippen LogP contribution in [-0.2, 0) is 4.79 Å². The molecule has 110 valence electrons. The number of aromatic nitrogens is 1. The molecule has 0 atom stereocenters. The van der Waals surface area contributed by atoms with E-state index in [1.54, 1.807) is 25.4 Å². The Kier molecular flexibility index (Phi) is 3.29. The highest BCUT2D eigenvalue weighted by Crippen LogP contribution is 2.22. The summed E-state index contributed by atoms with van der Waals surface area (Å²) < 4.78 is 0. The molecule has 2 aromatic rings. The van der Waals surface area contributed by atoms with Crippen LogP contribution in [0.2, 0.25) is 0 Å². The third-order valence-corrected chi connectivity index (χ3v) is 3.61. The van der Waals surface area contributed by atoms with E-state index in [-0.39, 0.29) is 18.4 Å². The van der Waals surface area contributed by atoms with Crippen molar-refractivity contribution in [3.05, 3.63) is 30.0 Å². The van der Waals surface area contributed by atoms with E-state index >= 15 is 0 Å². The number of fused-ring (bicyclic) bond motifs is 1. The Bertz CT molecular complexity index is 703. The van der Waals surface area contributed by atoms with Crippen molar-refractivity contribution in [2.24, 2.45) is 0 Å². The Labute approximate surface area is 122 Å². The first-order valence-corrected chi connectivity index (χ1v) is 6.96. The van der Waals surface area contributed by atoms with E-state index < -0.39 is 0 Å². The first-order chi connectivity index (χ1) is 10.0. The Hall–Kier alpha value is -2.50. The largest absolute Gasteiger partial charge is 0.399 e. The molecule has 0 spiro atoms. The molecule has 1 aromatic carbocycles. The zero-order valence-electron chi connectivity index (χ0n) is 11.8. The number of nitrogens with zero attached hydrogens (tertiary/aromatic N) is 1. The van der Waals surface area contributed by atoms with Crippen LogP contribution in [-0.4, -0.2) is 41.3 Å². The molecule has 0 bridgehead atoms. The van der Waals surface area contributed by atoms with Crippen LogP contribution in [0.4, 0.5) is 5.69 Å². The minimum atomic E-state index is -0.196. The zero-order valence-corrected chi connectivity index (χ0v) is 11.8. The van der Waals surface area contributed by atoms with Gasteiger partial charge in [-0.2, -0.15) is 0 Å². The Balaban J connectivity index is 1.75. The Morgan fingerprint density at radius 2 is 2.19 bits per heavy atom. The van der Waals surface area contributed by atoms with Gasteiger partial charge in [0, 0.05) is 35.9 Å². The Morgan fingerprint density at radius 1 is 1.43 bits per heavy atom. The van der Waals surface area contributed by atoms with Crippen LogP contribution in [0.15, 0.2) is 24.4 Å². The van der Waals surface area contributed by atoms with Crippen molar-refractivity contribution in [3.8, 4) is 0 Å². The van der Waals surface area contributed by atoms with Gasteiger partial charge < -0.3 is 20.9 Å². The Morgan fingerprint density at radius 3 is 2.90 bits per heavy atom. The maximum Gasteiger partial charge on any atom is 0.256 e. The van der Waals surface area contributed by atoms with Crippen molar-refractivity contribution in [1.82, 2.24) is 15.2 Å². The SMILES string of the molecule is CN(CC(=O)NC1CC1)C(=O)c1c[nH]c2ccc(N)cc12. The van der Waals surface area contributed by atoms with Gasteiger partial charge in [-0.15, -0.1) is 0 Å². The number of rotatable bonds is 4. The van der Waals surface area contributed by atoms with Crippen LogP contribution in [0.5, 0.6) is 0 Å². The fourth-order valence-electron chi connectivity index (χ4n) is 2.31. The smallest absolute Gasteiger partial charge is 0.256 e. The van der Waals surface area contributed by atoms with E-state index in [1.807, 2.05) is 6.07 Å². The molecule has 4 N–H and O–H groups in total. The fraction of sp³-hybridized carbons (Fsp3) is 0.333. The summed E-state index contributed by atoms with van der Waals surface area (Å²) in [6, 6.07) is 5.67. The predicted octanol–water partition coefficient (Wildman–Crippen LogP) is 1.10. The lowest BCUT2D eigenvalue weighted by Gasteiger charge is -2.16. The molecule has 2 amide bonds. The van der Waals surface area contributed by atoms with E-state index in [2.05, 4.69) is 10.3 Å². The second-order valence-corrected chi connectivity index (χ2v) is 5.51. The summed E-state index contributed by atoms with van der Waals surface area (Å²) in [7, 11) is 1.62. The van der Waals surface area contributed by atoms with Gasteiger partial charge in [0.2, 0.25) is 5.91 Å². The van der Waals surface area contributed by atoms with Gasteiger partial charge >= 0.3 is 0 Å². The van der Waals surface area contributed by atoms with Gasteiger partial charge in [-0.05, 0) is 31.0 Å². The van der Waals surface area contributed by atoms with E-state index in [9.17, 15) is 9.59 Å². The number of anilines is 1. The maximum atomic E-state index is 12.5. The lowest BCUT2D eigenvalue weighted by atomic mass is 10.1. The number of nitrogens with one attached hydrogen (secondary N) is 2. The number of nitrogen functional groups attached to an aromatic ring is 1. The van der Waals surface area contributed by atoms with Crippen molar-refractivity contribution >= 4 is 28.4 Å². The molecule has 1 aromatic heterocycles. The molecule has 0 radical (unpaired) electrons.